The first kappa shape index (κ1) is 31.1. The molecule has 2 aliphatic rings. The van der Waals surface area contributed by atoms with Crippen LogP contribution >= 0.6 is 0 Å². The first-order valence-electron chi connectivity index (χ1n) is 15.0. The second kappa shape index (κ2) is 14.0. The number of carbonyl (C=O) groups excluding carboxylic acids is 2. The molecule has 232 valence electrons. The molecule has 2 aliphatic heterocycles. The number of Topliss-reactive ketones (excluding diaryl/α,β-unsaturated/α-hetero) is 1. The quantitative estimate of drug-likeness (QED) is 0.184. The number of aryl methyl sites for hydroxylation is 1. The van der Waals surface area contributed by atoms with Crippen molar-refractivity contribution in [3.63, 3.8) is 0 Å². The maximum Gasteiger partial charge on any atom is 0.295 e. The Morgan fingerprint density at radius 3 is 2.41 bits per heavy atom. The van der Waals surface area contributed by atoms with E-state index in [1.165, 1.54) is 0 Å². The van der Waals surface area contributed by atoms with Gasteiger partial charge in [-0.25, -0.2) is 0 Å². The molecule has 9 heteroatoms. The van der Waals surface area contributed by atoms with Gasteiger partial charge in [0.1, 0.15) is 18.1 Å². The standard InChI is InChI=1S/C35H40N2O7/c1-23(2)44-27-11-12-28(24(3)20-27)33(38)31-32(37(35(40)34(31)39)15-14-36-16-18-42-19-17-36)26-10-13-29(30(21-26)41-4)43-22-25-8-6-5-7-9-25/h5-13,20-21,23,32,38H,14-19,22H2,1-4H3. The monoisotopic (exact) mass is 600 g/mol. The summed E-state index contributed by atoms with van der Waals surface area (Å²) >= 11 is 0. The SMILES string of the molecule is COc1cc(C2C(=C(O)c3ccc(OC(C)C)cc3C)C(=O)C(=O)N2CCN2CCOCC2)ccc1OCc1ccccc1. The van der Waals surface area contributed by atoms with E-state index < -0.39 is 17.7 Å². The molecule has 5 rings (SSSR count). The van der Waals surface area contributed by atoms with E-state index in [-0.39, 0.29) is 17.4 Å². The molecular weight excluding hydrogens is 560 g/mol. The third kappa shape index (κ3) is 6.90. The number of hydrogen-bond acceptors (Lipinski definition) is 8. The van der Waals surface area contributed by atoms with E-state index in [0.29, 0.717) is 61.3 Å². The molecule has 2 saturated heterocycles. The highest BCUT2D eigenvalue weighted by molar-refractivity contribution is 6.46. The summed E-state index contributed by atoms with van der Waals surface area (Å²) in [5.74, 6) is 0.0578. The summed E-state index contributed by atoms with van der Waals surface area (Å²) in [5, 5.41) is 11.7. The maximum atomic E-state index is 13.6. The van der Waals surface area contributed by atoms with Crippen molar-refractivity contribution in [2.45, 2.75) is 39.5 Å². The Morgan fingerprint density at radius 2 is 1.73 bits per heavy atom. The fourth-order valence-electron chi connectivity index (χ4n) is 5.63. The van der Waals surface area contributed by atoms with Gasteiger partial charge in [-0.15, -0.1) is 0 Å². The first-order chi connectivity index (χ1) is 21.3. The minimum atomic E-state index is -0.820. The van der Waals surface area contributed by atoms with Crippen molar-refractivity contribution in [3.8, 4) is 17.2 Å². The lowest BCUT2D eigenvalue weighted by Crippen LogP contribution is -2.42. The van der Waals surface area contributed by atoms with Gasteiger partial charge in [-0.05, 0) is 67.8 Å². The van der Waals surface area contributed by atoms with Crippen molar-refractivity contribution in [1.29, 1.82) is 0 Å². The Kier molecular flexibility index (Phi) is 9.87. The summed E-state index contributed by atoms with van der Waals surface area (Å²) in [7, 11) is 1.55. The van der Waals surface area contributed by atoms with Gasteiger partial charge in [0.2, 0.25) is 0 Å². The van der Waals surface area contributed by atoms with Gasteiger partial charge in [0.25, 0.3) is 11.7 Å². The predicted octanol–water partition coefficient (Wildman–Crippen LogP) is 5.12. The van der Waals surface area contributed by atoms with E-state index in [0.717, 1.165) is 24.2 Å². The van der Waals surface area contributed by atoms with E-state index >= 15 is 0 Å². The van der Waals surface area contributed by atoms with Crippen LogP contribution in [0.1, 0.15) is 42.1 Å². The van der Waals surface area contributed by atoms with Gasteiger partial charge in [-0.3, -0.25) is 14.5 Å². The summed E-state index contributed by atoms with van der Waals surface area (Å²) < 4.78 is 23.0. The summed E-state index contributed by atoms with van der Waals surface area (Å²) in [6, 6.07) is 19.7. The third-order valence-corrected chi connectivity index (χ3v) is 7.87. The van der Waals surface area contributed by atoms with Crippen LogP contribution < -0.4 is 14.2 Å². The molecule has 44 heavy (non-hydrogen) atoms. The Hall–Kier alpha value is -4.34. The molecule has 3 aromatic rings. The minimum Gasteiger partial charge on any atom is -0.507 e. The van der Waals surface area contributed by atoms with Crippen LogP contribution in [0, 0.1) is 6.92 Å². The van der Waals surface area contributed by atoms with E-state index in [2.05, 4.69) is 4.90 Å². The number of hydrogen-bond donors (Lipinski definition) is 1. The Bertz CT molecular complexity index is 1510. The fraction of sp³-hybridized carbons (Fsp3) is 0.371. The van der Waals surface area contributed by atoms with Crippen molar-refractivity contribution in [2.24, 2.45) is 0 Å². The number of methoxy groups -OCH3 is 1. The molecule has 0 saturated carbocycles. The van der Waals surface area contributed by atoms with Crippen LogP contribution in [0.25, 0.3) is 5.76 Å². The largest absolute Gasteiger partial charge is 0.507 e. The lowest BCUT2D eigenvalue weighted by atomic mass is 9.93. The lowest BCUT2D eigenvalue weighted by molar-refractivity contribution is -0.140. The van der Waals surface area contributed by atoms with Crippen LogP contribution in [0.15, 0.2) is 72.3 Å². The number of rotatable bonds is 11. The number of aliphatic hydroxyl groups excluding tert-OH is 1. The highest BCUT2D eigenvalue weighted by Crippen LogP contribution is 2.42. The number of nitrogens with zero attached hydrogens (tertiary/aromatic N) is 2. The zero-order valence-corrected chi connectivity index (χ0v) is 25.7. The van der Waals surface area contributed by atoms with Crippen molar-refractivity contribution in [2.75, 3.05) is 46.5 Å². The van der Waals surface area contributed by atoms with E-state index in [4.69, 9.17) is 18.9 Å². The lowest BCUT2D eigenvalue weighted by Gasteiger charge is -2.31. The average Bonchev–Trinajstić information content (AvgIpc) is 3.28. The molecule has 2 fully saturated rings. The van der Waals surface area contributed by atoms with Crippen LogP contribution in [0.2, 0.25) is 0 Å². The highest BCUT2D eigenvalue weighted by Gasteiger charge is 2.46. The van der Waals surface area contributed by atoms with Crippen molar-refractivity contribution >= 4 is 17.4 Å². The number of ketones is 1. The molecule has 2 heterocycles. The van der Waals surface area contributed by atoms with Gasteiger partial charge in [0.15, 0.2) is 11.5 Å². The summed E-state index contributed by atoms with van der Waals surface area (Å²) in [4.78, 5) is 31.0. The van der Waals surface area contributed by atoms with Crippen LogP contribution in [-0.2, 0) is 20.9 Å². The predicted molar refractivity (Wildman–Crippen MR) is 167 cm³/mol. The van der Waals surface area contributed by atoms with Crippen molar-refractivity contribution in [3.05, 3.63) is 94.6 Å². The van der Waals surface area contributed by atoms with Crippen LogP contribution in [0.3, 0.4) is 0 Å². The first-order valence-corrected chi connectivity index (χ1v) is 15.0. The minimum absolute atomic E-state index is 0.0136. The molecule has 9 nitrogen and oxygen atoms in total. The molecule has 3 aromatic carbocycles. The fourth-order valence-corrected chi connectivity index (χ4v) is 5.63. The van der Waals surface area contributed by atoms with Crippen molar-refractivity contribution < 1.29 is 33.6 Å². The van der Waals surface area contributed by atoms with Crippen LogP contribution in [-0.4, -0.2) is 79.2 Å². The molecule has 1 N–H and O–H groups in total. The second-order valence-electron chi connectivity index (χ2n) is 11.3. The van der Waals surface area contributed by atoms with Gasteiger partial charge >= 0.3 is 0 Å². The smallest absolute Gasteiger partial charge is 0.295 e. The Balaban J connectivity index is 1.52. The highest BCUT2D eigenvalue weighted by atomic mass is 16.5. The molecule has 0 aromatic heterocycles. The summed E-state index contributed by atoms with van der Waals surface area (Å²) in [5.41, 5.74) is 2.87. The number of ether oxygens (including phenoxy) is 4. The summed E-state index contributed by atoms with van der Waals surface area (Å²) in [6.45, 7) is 9.70. The molecule has 1 atom stereocenters. The van der Waals surface area contributed by atoms with E-state index in [1.807, 2.05) is 63.2 Å². The van der Waals surface area contributed by atoms with Gasteiger partial charge in [-0.1, -0.05) is 36.4 Å². The molecule has 1 amide bonds. The molecule has 0 aliphatic carbocycles. The van der Waals surface area contributed by atoms with Crippen molar-refractivity contribution in [1.82, 2.24) is 9.80 Å². The van der Waals surface area contributed by atoms with Gasteiger partial charge in [-0.2, -0.15) is 0 Å². The number of aliphatic hydroxyl groups is 1. The normalized spacial score (nSPS) is 18.6. The van der Waals surface area contributed by atoms with Gasteiger partial charge in [0.05, 0.1) is 38.0 Å². The number of amides is 1. The molecule has 0 radical (unpaired) electrons. The Morgan fingerprint density at radius 1 is 0.977 bits per heavy atom. The van der Waals surface area contributed by atoms with Gasteiger partial charge in [0, 0.05) is 31.7 Å². The maximum absolute atomic E-state index is 13.6. The van der Waals surface area contributed by atoms with E-state index in [1.54, 1.807) is 36.3 Å². The molecular formula is C35H40N2O7. The molecule has 0 bridgehead atoms. The average molecular weight is 601 g/mol. The number of likely N-dealkylation sites (tertiary alicyclic amines) is 1. The Labute approximate surface area is 258 Å². The second-order valence-corrected chi connectivity index (χ2v) is 11.3. The summed E-state index contributed by atoms with van der Waals surface area (Å²) in [6.07, 6.45) is -0.0136. The van der Waals surface area contributed by atoms with Crippen LogP contribution in [0.4, 0.5) is 0 Å². The number of benzene rings is 3. The molecule has 1 unspecified atom stereocenters. The number of morpholine rings is 1. The third-order valence-electron chi connectivity index (χ3n) is 7.87. The van der Waals surface area contributed by atoms with Gasteiger partial charge < -0.3 is 29.0 Å². The number of carbonyl (C=O) groups is 2. The topological polar surface area (TPSA) is 97.8 Å². The zero-order valence-electron chi connectivity index (χ0n) is 25.7. The van der Waals surface area contributed by atoms with E-state index in [9.17, 15) is 14.7 Å². The van der Waals surface area contributed by atoms with Crippen LogP contribution in [0.5, 0.6) is 17.2 Å². The zero-order chi connectivity index (χ0) is 31.2. The molecule has 0 spiro atoms.